The number of halogens is 2. The quantitative estimate of drug-likeness (QED) is 0.342. The monoisotopic (exact) mass is 540 g/mol. The van der Waals surface area contributed by atoms with Gasteiger partial charge in [-0.2, -0.15) is 0 Å². The summed E-state index contributed by atoms with van der Waals surface area (Å²) >= 11 is -0.0164. The van der Waals surface area contributed by atoms with E-state index in [0.29, 0.717) is 6.07 Å². The van der Waals surface area contributed by atoms with Crippen LogP contribution >= 0.6 is 0 Å². The molecule has 3 nitrogen and oxygen atoms in total. The second kappa shape index (κ2) is 12.2. The highest BCUT2D eigenvalue weighted by Crippen LogP contribution is 2.09. The predicted octanol–water partition coefficient (Wildman–Crippen LogP) is 2.45. The Morgan fingerprint density at radius 1 is 0.800 bits per heavy atom. The van der Waals surface area contributed by atoms with E-state index < -0.39 is 20.8 Å². The zero-order chi connectivity index (χ0) is 22.0. The van der Waals surface area contributed by atoms with Gasteiger partial charge in [-0.1, -0.05) is 57.0 Å². The molecular weight excluding hydrogens is 514 g/mol. The van der Waals surface area contributed by atoms with Crippen LogP contribution in [-0.2, 0) is 23.0 Å². The summed E-state index contributed by atoms with van der Waals surface area (Å²) in [6.45, 7) is 4.47. The van der Waals surface area contributed by atoms with Gasteiger partial charge in [0.2, 0.25) is 0 Å². The van der Waals surface area contributed by atoms with Crippen LogP contribution in [0.2, 0.25) is 0 Å². The first-order valence-electron chi connectivity index (χ1n) is 9.86. The van der Waals surface area contributed by atoms with E-state index in [4.69, 9.17) is 0 Å². The Hall–Kier alpha value is -1.77. The molecule has 0 saturated carbocycles. The lowest BCUT2D eigenvalue weighted by Crippen LogP contribution is -3.61. The Bertz CT molecular complexity index is 970. The van der Waals surface area contributed by atoms with Crippen molar-refractivity contribution in [3.63, 3.8) is 0 Å². The molecule has 3 aromatic carbocycles. The largest absolute Gasteiger partial charge is 0.744 e. The van der Waals surface area contributed by atoms with Crippen molar-refractivity contribution < 1.29 is 38.6 Å². The maximum atomic E-state index is 12.3. The van der Waals surface area contributed by atoms with E-state index in [1.807, 2.05) is 0 Å². The van der Waals surface area contributed by atoms with Crippen LogP contribution in [0.5, 0.6) is 0 Å². The zero-order valence-corrected chi connectivity index (χ0v) is 20.1. The summed E-state index contributed by atoms with van der Waals surface area (Å²) < 4.78 is 46.1. The van der Waals surface area contributed by atoms with Crippen LogP contribution in [0.3, 0.4) is 0 Å². The first-order valence-corrected chi connectivity index (χ1v) is 13.4. The smallest absolute Gasteiger partial charge is 0.357 e. The average Bonchev–Trinajstić information content (AvgIpc) is 2.71. The van der Waals surface area contributed by atoms with Crippen molar-refractivity contribution in [2.24, 2.45) is 0 Å². The molecule has 0 saturated heterocycles. The molecule has 0 atom stereocenters. The third kappa shape index (κ3) is 8.53. The summed E-state index contributed by atoms with van der Waals surface area (Å²) in [7, 11) is -4.52. The van der Waals surface area contributed by atoms with E-state index in [2.05, 4.69) is 62.4 Å². The van der Waals surface area contributed by atoms with Crippen molar-refractivity contribution in [1.82, 2.24) is 0 Å². The van der Waals surface area contributed by atoms with Crippen LogP contribution in [-0.4, -0.2) is 13.0 Å². The minimum absolute atomic E-state index is 0.0164. The molecule has 3 aromatic rings. The molecule has 0 bridgehead atoms. The van der Waals surface area contributed by atoms with Crippen LogP contribution < -0.4 is 21.2 Å². The summed E-state index contributed by atoms with van der Waals surface area (Å²) in [5.74, 6) is -0.734. The summed E-state index contributed by atoms with van der Waals surface area (Å²) in [4.78, 5) is -0.544. The number of benzene rings is 3. The fourth-order valence-corrected chi connectivity index (χ4v) is 5.41. The highest BCUT2D eigenvalue weighted by Gasteiger charge is 2.14. The molecule has 0 aliphatic heterocycles. The van der Waals surface area contributed by atoms with Gasteiger partial charge < -0.3 is 4.55 Å². The molecule has 0 aliphatic rings. The van der Waals surface area contributed by atoms with Gasteiger partial charge in [-0.3, -0.25) is 0 Å². The molecule has 0 aliphatic carbocycles. The average molecular weight is 540 g/mol. The Balaban J connectivity index is 0.000000248. The van der Waals surface area contributed by atoms with E-state index in [9.17, 15) is 17.4 Å². The highest BCUT2D eigenvalue weighted by molar-refractivity contribution is 7.85. The lowest BCUT2D eigenvalue weighted by Gasteiger charge is -2.05. The molecule has 160 valence electrons. The summed E-state index contributed by atoms with van der Waals surface area (Å²) in [6, 6.07) is 22.4. The molecule has 0 spiro atoms. The molecular formula is C24H26FIO3S. The van der Waals surface area contributed by atoms with E-state index in [1.165, 1.54) is 50.0 Å². The molecule has 6 heteroatoms. The first kappa shape index (κ1) is 24.5. The maximum Gasteiger partial charge on any atom is 0.357 e. The van der Waals surface area contributed by atoms with Gasteiger partial charge in [0.25, 0.3) is 0 Å². The summed E-state index contributed by atoms with van der Waals surface area (Å²) in [5.41, 5.74) is 2.93. The van der Waals surface area contributed by atoms with E-state index >= 15 is 0 Å². The van der Waals surface area contributed by atoms with Gasteiger partial charge in [-0.05, 0) is 66.4 Å². The lowest BCUT2D eigenvalue weighted by molar-refractivity contribution is -0.597. The Kier molecular flexibility index (Phi) is 9.94. The minimum Gasteiger partial charge on any atom is -0.744 e. The molecule has 30 heavy (non-hydrogen) atoms. The van der Waals surface area contributed by atoms with Crippen LogP contribution in [0.25, 0.3) is 0 Å². The van der Waals surface area contributed by atoms with Crippen LogP contribution in [0, 0.1) is 13.0 Å². The van der Waals surface area contributed by atoms with Gasteiger partial charge in [0, 0.05) is 0 Å². The maximum absolute atomic E-state index is 12.3. The van der Waals surface area contributed by atoms with Crippen molar-refractivity contribution in [3.05, 3.63) is 96.9 Å². The van der Waals surface area contributed by atoms with Crippen LogP contribution in [0.1, 0.15) is 37.8 Å². The van der Waals surface area contributed by atoms with Gasteiger partial charge in [0.05, 0.1) is 4.90 Å². The fourth-order valence-electron chi connectivity index (χ4n) is 2.75. The normalized spacial score (nSPS) is 10.9. The van der Waals surface area contributed by atoms with Crippen LogP contribution in [0.15, 0.2) is 77.7 Å². The highest BCUT2D eigenvalue weighted by atomic mass is 127. The Morgan fingerprint density at radius 3 is 1.60 bits per heavy atom. The van der Waals surface area contributed by atoms with Gasteiger partial charge in [-0.15, -0.1) is 0 Å². The molecule has 0 unspecified atom stereocenters. The molecule has 0 fully saturated rings. The van der Waals surface area contributed by atoms with E-state index in [1.54, 1.807) is 0 Å². The first-order chi connectivity index (χ1) is 14.3. The van der Waals surface area contributed by atoms with Crippen molar-refractivity contribution in [2.75, 3.05) is 0 Å². The second-order valence-electron chi connectivity index (χ2n) is 6.76. The number of hydrogen-bond acceptors (Lipinski definition) is 3. The van der Waals surface area contributed by atoms with Crippen molar-refractivity contribution >= 4 is 10.1 Å². The van der Waals surface area contributed by atoms with Gasteiger partial charge in [-0.25, -0.2) is 12.8 Å². The molecule has 0 aromatic heterocycles. The standard InChI is InChI=1S/C18H22I.C6H5FO3S/c1-3-5-15-7-11-17(12-8-15)19-18-13-9-16(6-4-2)10-14-18;7-5-2-1-3-6(4-5)11(8,9)10/h7-14H,3-6H2,1-2H3;1-4H,(H,8,9,10)/q+1;/p-1. The molecule has 3 rings (SSSR count). The van der Waals surface area contributed by atoms with E-state index in [0.717, 1.165) is 12.1 Å². The topological polar surface area (TPSA) is 57.2 Å². The van der Waals surface area contributed by atoms with Crippen molar-refractivity contribution in [2.45, 2.75) is 44.4 Å². The fraction of sp³-hybridized carbons (Fsp3) is 0.250. The Morgan fingerprint density at radius 2 is 1.27 bits per heavy atom. The second-order valence-corrected chi connectivity index (χ2v) is 11.2. The third-order valence-electron chi connectivity index (χ3n) is 4.21. The SMILES string of the molecule is CCCc1ccc([I+]c2ccc(CCC)cc2)cc1.O=S(=O)([O-])c1cccc(F)c1. The lowest BCUT2D eigenvalue weighted by atomic mass is 10.1. The molecule has 0 amide bonds. The predicted molar refractivity (Wildman–Crippen MR) is 113 cm³/mol. The van der Waals surface area contributed by atoms with E-state index in [-0.39, 0.29) is 21.2 Å². The van der Waals surface area contributed by atoms with Gasteiger partial charge in [0.15, 0.2) is 7.14 Å². The van der Waals surface area contributed by atoms with Gasteiger partial charge in [0.1, 0.15) is 15.9 Å². The zero-order valence-electron chi connectivity index (χ0n) is 17.1. The molecule has 0 heterocycles. The summed E-state index contributed by atoms with van der Waals surface area (Å²) in [6.07, 6.45) is 4.86. The summed E-state index contributed by atoms with van der Waals surface area (Å²) in [5, 5.41) is 0. The molecule has 0 N–H and O–H groups in total. The van der Waals surface area contributed by atoms with Crippen molar-refractivity contribution in [1.29, 1.82) is 0 Å². The van der Waals surface area contributed by atoms with Crippen LogP contribution in [0.4, 0.5) is 4.39 Å². The number of rotatable bonds is 7. The number of hydrogen-bond donors (Lipinski definition) is 0. The number of aryl methyl sites for hydroxylation is 2. The van der Waals surface area contributed by atoms with Crippen molar-refractivity contribution in [3.8, 4) is 0 Å². The van der Waals surface area contributed by atoms with Gasteiger partial charge >= 0.3 is 21.2 Å². The Labute approximate surface area is 189 Å². The third-order valence-corrected chi connectivity index (χ3v) is 7.72. The molecule has 0 radical (unpaired) electrons. The minimum atomic E-state index is -4.52.